The van der Waals surface area contributed by atoms with E-state index in [1.807, 2.05) is 0 Å². The van der Waals surface area contributed by atoms with Crippen LogP contribution in [0.3, 0.4) is 0 Å². The number of hydrogen-bond acceptors (Lipinski definition) is 3. The van der Waals surface area contributed by atoms with Crippen molar-refractivity contribution in [3.8, 4) is 0 Å². The molecule has 0 saturated heterocycles. The molecule has 17 heavy (non-hydrogen) atoms. The lowest BCUT2D eigenvalue weighted by Gasteiger charge is -2.05. The number of halogens is 2. The van der Waals surface area contributed by atoms with Crippen molar-refractivity contribution in [1.29, 1.82) is 0 Å². The third-order valence-electron chi connectivity index (χ3n) is 2.00. The summed E-state index contributed by atoms with van der Waals surface area (Å²) in [7, 11) is 0. The molecule has 0 radical (unpaired) electrons. The van der Waals surface area contributed by atoms with E-state index in [0.29, 0.717) is 16.6 Å². The molecule has 0 unspecified atom stereocenters. The average molecular weight is 317 g/mol. The van der Waals surface area contributed by atoms with Gasteiger partial charge < -0.3 is 14.8 Å². The fourth-order valence-corrected chi connectivity index (χ4v) is 1.77. The average Bonchev–Trinajstić information content (AvgIpc) is 2.72. The van der Waals surface area contributed by atoms with Gasteiger partial charge in [-0.2, -0.15) is 0 Å². The van der Waals surface area contributed by atoms with E-state index in [0.717, 1.165) is 4.47 Å². The van der Waals surface area contributed by atoms with Gasteiger partial charge in [-0.1, -0.05) is 27.5 Å². The number of aromatic carboxylic acids is 1. The molecule has 0 aliphatic heterocycles. The van der Waals surface area contributed by atoms with Gasteiger partial charge in [-0.3, -0.25) is 0 Å². The van der Waals surface area contributed by atoms with Gasteiger partial charge in [-0.25, -0.2) is 4.79 Å². The minimum absolute atomic E-state index is 0.126. The van der Waals surface area contributed by atoms with Crippen LogP contribution >= 0.6 is 27.5 Å². The smallest absolute Gasteiger partial charge is 0.371 e. The lowest BCUT2D eigenvalue weighted by atomic mass is 10.3. The Hall–Kier alpha value is -1.46. The Balaban J connectivity index is 2.25. The van der Waals surface area contributed by atoms with E-state index in [4.69, 9.17) is 21.1 Å². The number of benzene rings is 1. The molecule has 2 aromatic rings. The molecule has 2 rings (SSSR count). The molecule has 1 aromatic carbocycles. The highest BCUT2D eigenvalue weighted by molar-refractivity contribution is 9.10. The van der Waals surface area contributed by atoms with Crippen LogP contribution in [0.5, 0.6) is 0 Å². The molecule has 0 atom stereocenters. The highest BCUT2D eigenvalue weighted by atomic mass is 79.9. The van der Waals surface area contributed by atoms with E-state index in [-0.39, 0.29) is 5.76 Å². The van der Waals surface area contributed by atoms with E-state index >= 15 is 0 Å². The molecule has 4 nitrogen and oxygen atoms in total. The summed E-state index contributed by atoms with van der Waals surface area (Å²) in [4.78, 5) is 10.6. The van der Waals surface area contributed by atoms with Gasteiger partial charge in [0.2, 0.25) is 5.76 Å². The maximum atomic E-state index is 10.6. The molecule has 0 fully saturated rings. The first-order chi connectivity index (χ1) is 8.06. The van der Waals surface area contributed by atoms with Crippen LogP contribution < -0.4 is 5.32 Å². The monoisotopic (exact) mass is 315 g/mol. The minimum atomic E-state index is -1.11. The lowest BCUT2D eigenvalue weighted by molar-refractivity contribution is 0.0663. The molecule has 6 heteroatoms. The highest BCUT2D eigenvalue weighted by Gasteiger charge is 2.10. The Labute approximate surface area is 110 Å². The van der Waals surface area contributed by atoms with Crippen molar-refractivity contribution in [1.82, 2.24) is 0 Å². The molecule has 0 amide bonds. The van der Waals surface area contributed by atoms with Crippen LogP contribution in [0.2, 0.25) is 5.02 Å². The standard InChI is InChI=1S/C11H7BrClNO3/c12-6-1-2-7(13)8(5-6)14-10-4-3-9(17-10)11(15)16/h1-5,14H,(H,15,16). The second-order valence-electron chi connectivity index (χ2n) is 3.22. The molecular weight excluding hydrogens is 309 g/mol. The van der Waals surface area contributed by atoms with E-state index in [2.05, 4.69) is 21.2 Å². The van der Waals surface area contributed by atoms with Crippen molar-refractivity contribution >= 4 is 45.1 Å². The summed E-state index contributed by atoms with van der Waals surface area (Å²) in [6, 6.07) is 8.19. The number of rotatable bonds is 3. The van der Waals surface area contributed by atoms with Crippen molar-refractivity contribution in [3.63, 3.8) is 0 Å². The number of carboxylic acid groups (broad SMARTS) is 1. The Morgan fingerprint density at radius 2 is 2.12 bits per heavy atom. The van der Waals surface area contributed by atoms with Gasteiger partial charge in [-0.05, 0) is 24.3 Å². The maximum Gasteiger partial charge on any atom is 0.371 e. The van der Waals surface area contributed by atoms with E-state index in [9.17, 15) is 4.79 Å². The second-order valence-corrected chi connectivity index (χ2v) is 4.54. The van der Waals surface area contributed by atoms with Gasteiger partial charge in [0, 0.05) is 10.5 Å². The van der Waals surface area contributed by atoms with Gasteiger partial charge in [0.15, 0.2) is 5.88 Å². The van der Waals surface area contributed by atoms with Gasteiger partial charge >= 0.3 is 5.97 Å². The number of anilines is 2. The van der Waals surface area contributed by atoms with Crippen LogP contribution in [0, 0.1) is 0 Å². The predicted molar refractivity (Wildman–Crippen MR) is 68.1 cm³/mol. The SMILES string of the molecule is O=C(O)c1ccc(Nc2cc(Br)ccc2Cl)o1. The minimum Gasteiger partial charge on any atom is -0.475 e. The fraction of sp³-hybridized carbons (Fsp3) is 0. The number of nitrogens with one attached hydrogen (secondary N) is 1. The van der Waals surface area contributed by atoms with Crippen LogP contribution in [0.4, 0.5) is 11.6 Å². The summed E-state index contributed by atoms with van der Waals surface area (Å²) < 4.78 is 5.92. The van der Waals surface area contributed by atoms with Crippen molar-refractivity contribution < 1.29 is 14.3 Å². The zero-order chi connectivity index (χ0) is 12.4. The fourth-order valence-electron chi connectivity index (χ4n) is 1.25. The van der Waals surface area contributed by atoms with Crippen LogP contribution in [0.15, 0.2) is 39.2 Å². The zero-order valence-corrected chi connectivity index (χ0v) is 10.7. The molecule has 0 aliphatic carbocycles. The number of furan rings is 1. The summed E-state index contributed by atoms with van der Waals surface area (Å²) >= 11 is 9.29. The summed E-state index contributed by atoms with van der Waals surface area (Å²) in [6.07, 6.45) is 0. The summed E-state index contributed by atoms with van der Waals surface area (Å²) in [5, 5.41) is 12.1. The Morgan fingerprint density at radius 3 is 2.76 bits per heavy atom. The molecule has 1 aromatic heterocycles. The van der Waals surface area contributed by atoms with Gasteiger partial charge in [-0.15, -0.1) is 0 Å². The molecule has 1 heterocycles. The van der Waals surface area contributed by atoms with Crippen molar-refractivity contribution in [2.75, 3.05) is 5.32 Å². The predicted octanol–water partition coefficient (Wildman–Crippen LogP) is 4.14. The molecule has 2 N–H and O–H groups in total. The van der Waals surface area contributed by atoms with E-state index in [1.54, 1.807) is 18.2 Å². The van der Waals surface area contributed by atoms with Crippen LogP contribution in [-0.4, -0.2) is 11.1 Å². The van der Waals surface area contributed by atoms with E-state index in [1.165, 1.54) is 12.1 Å². The first-order valence-electron chi connectivity index (χ1n) is 4.61. The van der Waals surface area contributed by atoms with Crippen LogP contribution in [-0.2, 0) is 0 Å². The van der Waals surface area contributed by atoms with Crippen LogP contribution in [0.1, 0.15) is 10.6 Å². The second kappa shape index (κ2) is 4.81. The number of carboxylic acids is 1. The Kier molecular flexibility index (Phi) is 3.40. The first kappa shape index (κ1) is 12.0. The van der Waals surface area contributed by atoms with Crippen LogP contribution in [0.25, 0.3) is 0 Å². The first-order valence-corrected chi connectivity index (χ1v) is 5.78. The molecular formula is C11H7BrClNO3. The normalized spacial score (nSPS) is 10.2. The third-order valence-corrected chi connectivity index (χ3v) is 2.83. The zero-order valence-electron chi connectivity index (χ0n) is 8.41. The number of carbonyl (C=O) groups is 1. The molecule has 0 spiro atoms. The Morgan fingerprint density at radius 1 is 1.35 bits per heavy atom. The lowest BCUT2D eigenvalue weighted by Crippen LogP contribution is -1.93. The van der Waals surface area contributed by atoms with E-state index < -0.39 is 5.97 Å². The number of hydrogen-bond donors (Lipinski definition) is 2. The third kappa shape index (κ3) is 2.81. The Bertz CT molecular complexity index is 568. The topological polar surface area (TPSA) is 62.5 Å². The highest BCUT2D eigenvalue weighted by Crippen LogP contribution is 2.29. The molecule has 0 aliphatic rings. The maximum absolute atomic E-state index is 10.6. The summed E-state index contributed by atoms with van der Waals surface area (Å²) in [6.45, 7) is 0. The van der Waals surface area contributed by atoms with Gasteiger partial charge in [0.25, 0.3) is 0 Å². The quantitative estimate of drug-likeness (QED) is 0.893. The molecule has 0 saturated carbocycles. The van der Waals surface area contributed by atoms with Gasteiger partial charge in [0.05, 0.1) is 10.7 Å². The largest absolute Gasteiger partial charge is 0.475 e. The summed E-state index contributed by atoms with van der Waals surface area (Å²) in [5.74, 6) is -0.917. The summed E-state index contributed by atoms with van der Waals surface area (Å²) in [5.41, 5.74) is 0.632. The van der Waals surface area contributed by atoms with Crippen molar-refractivity contribution in [2.24, 2.45) is 0 Å². The molecule has 0 bridgehead atoms. The van der Waals surface area contributed by atoms with Crippen molar-refractivity contribution in [3.05, 3.63) is 45.6 Å². The van der Waals surface area contributed by atoms with Crippen molar-refractivity contribution in [2.45, 2.75) is 0 Å². The molecule has 88 valence electrons. The van der Waals surface area contributed by atoms with Gasteiger partial charge in [0.1, 0.15) is 0 Å².